The largest absolute Gasteiger partial charge is 0.348 e. The van der Waals surface area contributed by atoms with Crippen molar-refractivity contribution in [2.75, 3.05) is 0 Å². The number of rotatable bonds is 5. The molecule has 0 heterocycles. The summed E-state index contributed by atoms with van der Waals surface area (Å²) < 4.78 is 0. The average molecular weight is 322 g/mol. The van der Waals surface area contributed by atoms with Crippen molar-refractivity contribution in [1.82, 2.24) is 5.32 Å². The van der Waals surface area contributed by atoms with Crippen LogP contribution in [0.4, 0.5) is 0 Å². The quantitative estimate of drug-likeness (QED) is 0.887. The number of hydrogen-bond acceptors (Lipinski definition) is 2. The maximum absolute atomic E-state index is 12.4. The Labute approximate surface area is 144 Å². The van der Waals surface area contributed by atoms with Gasteiger partial charge in [-0.25, -0.2) is 0 Å². The predicted molar refractivity (Wildman–Crippen MR) is 97.8 cm³/mol. The number of nitrogens with two attached hydrogens (primary N) is 1. The van der Waals surface area contributed by atoms with Gasteiger partial charge in [-0.3, -0.25) is 4.79 Å². The van der Waals surface area contributed by atoms with Crippen LogP contribution in [0.3, 0.4) is 0 Å². The van der Waals surface area contributed by atoms with E-state index >= 15 is 0 Å². The van der Waals surface area contributed by atoms with E-state index in [0.29, 0.717) is 6.42 Å². The topological polar surface area (TPSA) is 55.1 Å². The molecule has 126 valence electrons. The molecule has 0 saturated heterocycles. The summed E-state index contributed by atoms with van der Waals surface area (Å²) in [5.41, 5.74) is 11.2. The minimum Gasteiger partial charge on any atom is -0.348 e. The van der Waals surface area contributed by atoms with Crippen LogP contribution in [0.25, 0.3) is 0 Å². The number of fused-ring (bicyclic) bond motifs is 1. The van der Waals surface area contributed by atoms with Crippen molar-refractivity contribution >= 4 is 5.91 Å². The van der Waals surface area contributed by atoms with Gasteiger partial charge in [-0.1, -0.05) is 48.5 Å². The molecule has 2 aromatic carbocycles. The summed E-state index contributed by atoms with van der Waals surface area (Å²) in [4.78, 5) is 12.4. The lowest BCUT2D eigenvalue weighted by molar-refractivity contribution is -0.123. The fraction of sp³-hybridized carbons (Fsp3) is 0.381. The second-order valence-electron chi connectivity index (χ2n) is 6.76. The van der Waals surface area contributed by atoms with Crippen LogP contribution < -0.4 is 11.1 Å². The van der Waals surface area contributed by atoms with Crippen LogP contribution in [0, 0.1) is 0 Å². The highest BCUT2D eigenvalue weighted by Gasteiger charge is 2.18. The molecule has 1 aliphatic rings. The van der Waals surface area contributed by atoms with E-state index in [0.717, 1.165) is 17.5 Å². The average Bonchev–Trinajstić information content (AvgIpc) is 2.62. The van der Waals surface area contributed by atoms with Crippen molar-refractivity contribution in [3.8, 4) is 0 Å². The Hall–Kier alpha value is -2.13. The van der Waals surface area contributed by atoms with Crippen LogP contribution in [0.15, 0.2) is 48.5 Å². The summed E-state index contributed by atoms with van der Waals surface area (Å²) in [5.74, 6) is -0.0935. The first-order valence-electron chi connectivity index (χ1n) is 8.85. The molecular weight excluding hydrogens is 296 g/mol. The van der Waals surface area contributed by atoms with E-state index in [1.807, 2.05) is 37.3 Å². The lowest BCUT2D eigenvalue weighted by Crippen LogP contribution is -2.43. The Balaban J connectivity index is 1.61. The molecule has 0 spiro atoms. The van der Waals surface area contributed by atoms with Crippen molar-refractivity contribution in [3.63, 3.8) is 0 Å². The molecule has 0 radical (unpaired) electrons. The molecule has 0 fully saturated rings. The van der Waals surface area contributed by atoms with E-state index in [2.05, 4.69) is 23.5 Å². The zero-order valence-corrected chi connectivity index (χ0v) is 14.3. The monoisotopic (exact) mass is 322 g/mol. The standard InChI is InChI=1S/C21H26N2O/c1-15(18-12-11-17-9-5-6-10-19(17)14-18)23-21(24)20(22)13-16-7-3-2-4-8-16/h2-4,7-8,11-12,14-15,20H,5-6,9-10,13,22H2,1H3,(H,23,24)/t15?,20-/m0/s1. The zero-order chi connectivity index (χ0) is 16.9. The maximum Gasteiger partial charge on any atom is 0.237 e. The van der Waals surface area contributed by atoms with Crippen molar-refractivity contribution in [2.24, 2.45) is 5.73 Å². The molecule has 3 rings (SSSR count). The summed E-state index contributed by atoms with van der Waals surface area (Å²) in [6, 6.07) is 16.0. The lowest BCUT2D eigenvalue weighted by atomic mass is 9.89. The normalized spacial score (nSPS) is 16.1. The third-order valence-electron chi connectivity index (χ3n) is 4.87. The fourth-order valence-corrected chi connectivity index (χ4v) is 3.39. The molecule has 0 saturated carbocycles. The van der Waals surface area contributed by atoms with Gasteiger partial charge < -0.3 is 11.1 Å². The highest BCUT2D eigenvalue weighted by Crippen LogP contribution is 2.24. The van der Waals surface area contributed by atoms with Crippen molar-refractivity contribution in [1.29, 1.82) is 0 Å². The second-order valence-corrected chi connectivity index (χ2v) is 6.76. The van der Waals surface area contributed by atoms with Gasteiger partial charge >= 0.3 is 0 Å². The molecule has 1 unspecified atom stereocenters. The molecule has 0 aliphatic heterocycles. The van der Waals surface area contributed by atoms with Crippen molar-refractivity contribution in [2.45, 2.75) is 51.1 Å². The molecule has 1 amide bonds. The SMILES string of the molecule is CC(NC(=O)[C@@H](N)Cc1ccccc1)c1ccc2c(c1)CCCC2. The van der Waals surface area contributed by atoms with Crippen molar-refractivity contribution in [3.05, 3.63) is 70.8 Å². The summed E-state index contributed by atoms with van der Waals surface area (Å²) in [6.45, 7) is 2.03. The summed E-state index contributed by atoms with van der Waals surface area (Å²) in [5, 5.41) is 3.06. The fourth-order valence-electron chi connectivity index (χ4n) is 3.39. The Morgan fingerprint density at radius 2 is 1.79 bits per heavy atom. The van der Waals surface area contributed by atoms with Gasteiger partial charge in [0, 0.05) is 0 Å². The highest BCUT2D eigenvalue weighted by molar-refractivity contribution is 5.82. The number of carbonyl (C=O) groups is 1. The van der Waals surface area contributed by atoms with E-state index < -0.39 is 6.04 Å². The predicted octanol–water partition coefficient (Wildman–Crippen LogP) is 3.31. The second kappa shape index (κ2) is 7.63. The molecule has 1 aliphatic carbocycles. The molecular formula is C21H26N2O. The summed E-state index contributed by atoms with van der Waals surface area (Å²) in [6.07, 6.45) is 5.44. The van der Waals surface area contributed by atoms with E-state index in [4.69, 9.17) is 5.73 Å². The van der Waals surface area contributed by atoms with E-state index in [1.54, 1.807) is 0 Å². The number of hydrogen-bond donors (Lipinski definition) is 2. The summed E-state index contributed by atoms with van der Waals surface area (Å²) >= 11 is 0. The third kappa shape index (κ3) is 4.04. The van der Waals surface area contributed by atoms with E-state index in [-0.39, 0.29) is 11.9 Å². The Kier molecular flexibility index (Phi) is 5.31. The minimum atomic E-state index is -0.521. The van der Waals surface area contributed by atoms with Gasteiger partial charge in [0.1, 0.15) is 0 Å². The molecule has 3 nitrogen and oxygen atoms in total. The van der Waals surface area contributed by atoms with Crippen LogP contribution in [0.2, 0.25) is 0 Å². The lowest BCUT2D eigenvalue weighted by Gasteiger charge is -2.21. The van der Waals surface area contributed by atoms with Gasteiger partial charge in [-0.2, -0.15) is 0 Å². The van der Waals surface area contributed by atoms with Gasteiger partial charge in [-0.05, 0) is 61.3 Å². The van der Waals surface area contributed by atoms with Crippen molar-refractivity contribution < 1.29 is 4.79 Å². The van der Waals surface area contributed by atoms with Gasteiger partial charge in [0.15, 0.2) is 0 Å². The number of benzene rings is 2. The van der Waals surface area contributed by atoms with Crippen LogP contribution in [0.5, 0.6) is 0 Å². The Bertz CT molecular complexity index is 696. The van der Waals surface area contributed by atoms with E-state index in [1.165, 1.54) is 30.4 Å². The molecule has 24 heavy (non-hydrogen) atoms. The van der Waals surface area contributed by atoms with Crippen LogP contribution in [-0.2, 0) is 24.1 Å². The van der Waals surface area contributed by atoms with E-state index in [9.17, 15) is 4.79 Å². The highest BCUT2D eigenvalue weighted by atomic mass is 16.2. The number of nitrogens with one attached hydrogen (secondary N) is 1. The number of amides is 1. The first kappa shape index (κ1) is 16.7. The third-order valence-corrected chi connectivity index (χ3v) is 4.87. The summed E-state index contributed by atoms with van der Waals surface area (Å²) in [7, 11) is 0. The first-order chi connectivity index (χ1) is 11.6. The molecule has 3 N–H and O–H groups in total. The zero-order valence-electron chi connectivity index (χ0n) is 14.3. The maximum atomic E-state index is 12.4. The van der Waals surface area contributed by atoms with Crippen LogP contribution >= 0.6 is 0 Å². The minimum absolute atomic E-state index is 0.0217. The smallest absolute Gasteiger partial charge is 0.237 e. The van der Waals surface area contributed by atoms with Crippen LogP contribution in [0.1, 0.15) is 48.1 Å². The van der Waals surface area contributed by atoms with Crippen LogP contribution in [-0.4, -0.2) is 11.9 Å². The number of carbonyl (C=O) groups excluding carboxylic acids is 1. The molecule has 0 bridgehead atoms. The molecule has 2 atom stereocenters. The Morgan fingerprint density at radius 1 is 1.08 bits per heavy atom. The molecule has 3 heteroatoms. The van der Waals surface area contributed by atoms with Gasteiger partial charge in [0.25, 0.3) is 0 Å². The van der Waals surface area contributed by atoms with Gasteiger partial charge in [0.2, 0.25) is 5.91 Å². The number of aryl methyl sites for hydroxylation is 2. The Morgan fingerprint density at radius 3 is 2.54 bits per heavy atom. The molecule has 2 aromatic rings. The first-order valence-corrected chi connectivity index (χ1v) is 8.85. The van der Waals surface area contributed by atoms with Gasteiger partial charge in [0.05, 0.1) is 12.1 Å². The van der Waals surface area contributed by atoms with Gasteiger partial charge in [-0.15, -0.1) is 0 Å². The molecule has 0 aromatic heterocycles.